The van der Waals surface area contributed by atoms with Crippen LogP contribution in [0.1, 0.15) is 41.0 Å². The maximum Gasteiger partial charge on any atom is 0.257 e. The molecule has 0 saturated heterocycles. The number of amides is 2. The highest BCUT2D eigenvalue weighted by atomic mass is 32.1. The molecule has 0 aliphatic carbocycles. The fourth-order valence-electron chi connectivity index (χ4n) is 2.36. The number of ether oxygens (including phenoxy) is 1. The molecule has 2 rings (SSSR count). The Kier molecular flexibility index (Phi) is 7.95. The molecular weight excluding hydrogens is 374 g/mol. The van der Waals surface area contributed by atoms with Gasteiger partial charge >= 0.3 is 0 Å². The van der Waals surface area contributed by atoms with Crippen LogP contribution in [0.15, 0.2) is 48.5 Å². The van der Waals surface area contributed by atoms with Crippen LogP contribution in [0.5, 0.6) is 5.75 Å². The number of carbonyl (C=O) groups is 2. The maximum absolute atomic E-state index is 12.4. The zero-order valence-electron chi connectivity index (χ0n) is 16.2. The number of hydrogen-bond donors (Lipinski definition) is 3. The van der Waals surface area contributed by atoms with E-state index >= 15 is 0 Å². The molecule has 2 amide bonds. The molecule has 0 aromatic heterocycles. The molecule has 0 unspecified atom stereocenters. The van der Waals surface area contributed by atoms with Crippen molar-refractivity contribution in [3.8, 4) is 5.75 Å². The predicted molar refractivity (Wildman–Crippen MR) is 115 cm³/mol. The molecule has 6 nitrogen and oxygen atoms in total. The Labute approximate surface area is 170 Å². The lowest BCUT2D eigenvalue weighted by molar-refractivity contribution is 0.0959. The summed E-state index contributed by atoms with van der Waals surface area (Å²) in [5.74, 6) is 0.657. The van der Waals surface area contributed by atoms with Gasteiger partial charge in [0.2, 0.25) is 0 Å². The standard InChI is InChI=1S/C21H25N3O3S/c1-14(2)10-11-27-18-9-5-7-16(13-18)20(26)24-21(28)23-17-8-4-6-15(12-17)19(25)22-3/h4-9,12-14H,10-11H2,1-3H3,(H,22,25)(H2,23,24,26,28). The Morgan fingerprint density at radius 2 is 1.71 bits per heavy atom. The van der Waals surface area contributed by atoms with Crippen molar-refractivity contribution in [3.63, 3.8) is 0 Å². The summed E-state index contributed by atoms with van der Waals surface area (Å²) in [6.07, 6.45) is 0.944. The second-order valence-electron chi connectivity index (χ2n) is 6.63. The van der Waals surface area contributed by atoms with Gasteiger partial charge in [-0.1, -0.05) is 26.0 Å². The predicted octanol–water partition coefficient (Wildman–Crippen LogP) is 3.60. The molecule has 28 heavy (non-hydrogen) atoms. The van der Waals surface area contributed by atoms with E-state index in [4.69, 9.17) is 17.0 Å². The van der Waals surface area contributed by atoms with Crippen LogP contribution in [0.4, 0.5) is 5.69 Å². The molecule has 0 spiro atoms. The first-order valence-electron chi connectivity index (χ1n) is 9.06. The molecular formula is C21H25N3O3S. The van der Waals surface area contributed by atoms with Gasteiger partial charge in [0.1, 0.15) is 5.75 Å². The highest BCUT2D eigenvalue weighted by molar-refractivity contribution is 7.80. The van der Waals surface area contributed by atoms with Crippen molar-refractivity contribution < 1.29 is 14.3 Å². The van der Waals surface area contributed by atoms with Crippen molar-refractivity contribution in [2.75, 3.05) is 19.0 Å². The van der Waals surface area contributed by atoms with Crippen molar-refractivity contribution in [1.29, 1.82) is 0 Å². The highest BCUT2D eigenvalue weighted by Gasteiger charge is 2.10. The first-order valence-corrected chi connectivity index (χ1v) is 9.47. The Bertz CT molecular complexity index is 852. The fourth-order valence-corrected chi connectivity index (χ4v) is 2.57. The molecule has 0 radical (unpaired) electrons. The van der Waals surface area contributed by atoms with Crippen molar-refractivity contribution in [2.45, 2.75) is 20.3 Å². The Hall–Kier alpha value is -2.93. The lowest BCUT2D eigenvalue weighted by atomic mass is 10.1. The number of anilines is 1. The van der Waals surface area contributed by atoms with Crippen molar-refractivity contribution in [3.05, 3.63) is 59.7 Å². The molecule has 2 aromatic rings. The minimum Gasteiger partial charge on any atom is -0.494 e. The third-order valence-corrected chi connectivity index (χ3v) is 4.10. The number of carbonyl (C=O) groups excluding carboxylic acids is 2. The Morgan fingerprint density at radius 3 is 2.39 bits per heavy atom. The van der Waals surface area contributed by atoms with Crippen LogP contribution in [-0.4, -0.2) is 30.6 Å². The van der Waals surface area contributed by atoms with E-state index < -0.39 is 0 Å². The van der Waals surface area contributed by atoms with Crippen LogP contribution < -0.4 is 20.7 Å². The molecule has 7 heteroatoms. The third-order valence-electron chi connectivity index (χ3n) is 3.90. The van der Waals surface area contributed by atoms with Gasteiger partial charge in [0.25, 0.3) is 11.8 Å². The van der Waals surface area contributed by atoms with Crippen LogP contribution in [0, 0.1) is 5.92 Å². The van der Waals surface area contributed by atoms with Crippen molar-refractivity contribution >= 4 is 34.8 Å². The molecule has 0 atom stereocenters. The van der Waals surface area contributed by atoms with Gasteiger partial charge in [-0.25, -0.2) is 0 Å². The summed E-state index contributed by atoms with van der Waals surface area (Å²) in [7, 11) is 1.56. The minimum absolute atomic E-state index is 0.144. The van der Waals surface area contributed by atoms with Gasteiger partial charge in [0, 0.05) is 23.9 Å². The number of rotatable bonds is 7. The topological polar surface area (TPSA) is 79.5 Å². The van der Waals surface area contributed by atoms with E-state index in [1.807, 2.05) is 6.07 Å². The second-order valence-corrected chi connectivity index (χ2v) is 7.04. The summed E-state index contributed by atoms with van der Waals surface area (Å²) in [6.45, 7) is 4.86. The summed E-state index contributed by atoms with van der Waals surface area (Å²) >= 11 is 5.21. The van der Waals surface area contributed by atoms with Gasteiger partial charge in [-0.05, 0) is 61.0 Å². The highest BCUT2D eigenvalue weighted by Crippen LogP contribution is 2.15. The van der Waals surface area contributed by atoms with Gasteiger partial charge in [-0.3, -0.25) is 14.9 Å². The van der Waals surface area contributed by atoms with Gasteiger partial charge in [0.05, 0.1) is 6.61 Å². The average molecular weight is 400 g/mol. The largest absolute Gasteiger partial charge is 0.494 e. The first-order chi connectivity index (χ1) is 13.4. The molecule has 0 fully saturated rings. The van der Waals surface area contributed by atoms with E-state index in [1.54, 1.807) is 49.5 Å². The lowest BCUT2D eigenvalue weighted by Crippen LogP contribution is -2.34. The Balaban J connectivity index is 1.95. The lowest BCUT2D eigenvalue weighted by Gasteiger charge is -2.12. The van der Waals surface area contributed by atoms with Crippen LogP contribution in [0.25, 0.3) is 0 Å². The van der Waals surface area contributed by atoms with Crippen LogP contribution in [0.2, 0.25) is 0 Å². The zero-order chi connectivity index (χ0) is 20.5. The molecule has 0 saturated carbocycles. The third kappa shape index (κ3) is 6.66. The van der Waals surface area contributed by atoms with Crippen LogP contribution >= 0.6 is 12.2 Å². The number of nitrogens with one attached hydrogen (secondary N) is 3. The summed E-state index contributed by atoms with van der Waals surface area (Å²) in [6, 6.07) is 13.8. The summed E-state index contributed by atoms with van der Waals surface area (Å²) in [5, 5.41) is 8.25. The van der Waals surface area contributed by atoms with Gasteiger partial charge in [-0.15, -0.1) is 0 Å². The van der Waals surface area contributed by atoms with Crippen molar-refractivity contribution in [2.24, 2.45) is 5.92 Å². The van der Waals surface area contributed by atoms with E-state index in [9.17, 15) is 9.59 Å². The molecule has 0 heterocycles. The number of hydrogen-bond acceptors (Lipinski definition) is 4. The van der Waals surface area contributed by atoms with Gasteiger partial charge in [0.15, 0.2) is 5.11 Å². The summed E-state index contributed by atoms with van der Waals surface area (Å²) in [5.41, 5.74) is 1.55. The fraction of sp³-hybridized carbons (Fsp3) is 0.286. The van der Waals surface area contributed by atoms with E-state index in [2.05, 4.69) is 29.8 Å². The first kappa shape index (κ1) is 21.4. The quantitative estimate of drug-likeness (QED) is 0.620. The van der Waals surface area contributed by atoms with Crippen LogP contribution in [0.3, 0.4) is 0 Å². The maximum atomic E-state index is 12.4. The Morgan fingerprint density at radius 1 is 1.04 bits per heavy atom. The molecule has 148 valence electrons. The zero-order valence-corrected chi connectivity index (χ0v) is 17.1. The summed E-state index contributed by atoms with van der Waals surface area (Å²) in [4.78, 5) is 24.1. The average Bonchev–Trinajstić information content (AvgIpc) is 2.67. The molecule has 3 N–H and O–H groups in total. The molecule has 0 bridgehead atoms. The van der Waals surface area contributed by atoms with E-state index in [0.29, 0.717) is 35.1 Å². The molecule has 0 aliphatic rings. The smallest absolute Gasteiger partial charge is 0.257 e. The van der Waals surface area contributed by atoms with E-state index in [0.717, 1.165) is 6.42 Å². The van der Waals surface area contributed by atoms with E-state index in [-0.39, 0.29) is 16.9 Å². The SMILES string of the molecule is CNC(=O)c1cccc(NC(=S)NC(=O)c2cccc(OCCC(C)C)c2)c1. The second kappa shape index (κ2) is 10.4. The minimum atomic E-state index is -0.339. The van der Waals surface area contributed by atoms with E-state index in [1.165, 1.54) is 0 Å². The van der Waals surface area contributed by atoms with Crippen LogP contribution in [-0.2, 0) is 0 Å². The molecule has 0 aliphatic heterocycles. The molecule has 2 aromatic carbocycles. The normalized spacial score (nSPS) is 10.3. The number of thiocarbonyl (C=S) groups is 1. The van der Waals surface area contributed by atoms with Gasteiger partial charge in [-0.2, -0.15) is 0 Å². The van der Waals surface area contributed by atoms with Gasteiger partial charge < -0.3 is 15.4 Å². The summed E-state index contributed by atoms with van der Waals surface area (Å²) < 4.78 is 5.69. The van der Waals surface area contributed by atoms with Crippen molar-refractivity contribution in [1.82, 2.24) is 10.6 Å². The number of benzene rings is 2. The monoisotopic (exact) mass is 399 g/mol.